The molecule has 0 fully saturated rings. The first kappa shape index (κ1) is 16.2. The maximum atomic E-state index is 11.7. The molecule has 0 aliphatic carbocycles. The summed E-state index contributed by atoms with van der Waals surface area (Å²) in [4.78, 5) is 0.515. The Balaban J connectivity index is 3.10. The lowest BCUT2D eigenvalue weighted by Gasteiger charge is -2.09. The third-order valence-electron chi connectivity index (χ3n) is 1.99. The first-order valence-electron chi connectivity index (χ1n) is 5.45. The van der Waals surface area contributed by atoms with Crippen molar-refractivity contribution in [1.82, 2.24) is 5.32 Å². The Morgan fingerprint density at radius 2 is 2.00 bits per heavy atom. The highest BCUT2D eigenvalue weighted by molar-refractivity contribution is 9.09. The summed E-state index contributed by atoms with van der Waals surface area (Å²) in [7, 11) is 0. The van der Waals surface area contributed by atoms with Crippen molar-refractivity contribution >= 4 is 15.9 Å². The molecular formula is C10H19BrF3NO. The molecule has 16 heavy (non-hydrogen) atoms. The first-order chi connectivity index (χ1) is 7.45. The van der Waals surface area contributed by atoms with E-state index in [9.17, 15) is 13.2 Å². The molecule has 0 heterocycles. The van der Waals surface area contributed by atoms with E-state index in [-0.39, 0.29) is 6.61 Å². The van der Waals surface area contributed by atoms with Gasteiger partial charge in [0.15, 0.2) is 0 Å². The average Bonchev–Trinajstić information content (AvgIpc) is 2.20. The Labute approximate surface area is 103 Å². The number of ether oxygens (including phenoxy) is 1. The van der Waals surface area contributed by atoms with E-state index in [1.165, 1.54) is 0 Å². The van der Waals surface area contributed by atoms with Crippen LogP contribution in [0.25, 0.3) is 0 Å². The molecule has 1 atom stereocenters. The highest BCUT2D eigenvalue weighted by Crippen LogP contribution is 2.14. The first-order valence-corrected chi connectivity index (χ1v) is 6.36. The Morgan fingerprint density at radius 3 is 2.56 bits per heavy atom. The zero-order valence-corrected chi connectivity index (χ0v) is 11.0. The summed E-state index contributed by atoms with van der Waals surface area (Å²) in [6, 6.07) is 0. The zero-order chi connectivity index (χ0) is 12.4. The van der Waals surface area contributed by atoms with Crippen molar-refractivity contribution in [3.63, 3.8) is 0 Å². The predicted molar refractivity (Wildman–Crippen MR) is 62.0 cm³/mol. The molecule has 0 aromatic carbocycles. The molecule has 0 radical (unpaired) electrons. The van der Waals surface area contributed by atoms with E-state index in [1.807, 2.05) is 0 Å². The van der Waals surface area contributed by atoms with E-state index >= 15 is 0 Å². The summed E-state index contributed by atoms with van der Waals surface area (Å²) in [6.07, 6.45) is -1.50. The molecule has 0 aromatic heterocycles. The summed E-state index contributed by atoms with van der Waals surface area (Å²) in [6.45, 7) is 2.68. The molecule has 0 aromatic rings. The van der Waals surface area contributed by atoms with Crippen LogP contribution < -0.4 is 5.32 Å². The highest BCUT2D eigenvalue weighted by Gasteiger charge is 2.27. The van der Waals surface area contributed by atoms with E-state index in [0.29, 0.717) is 17.8 Å². The number of alkyl halides is 4. The van der Waals surface area contributed by atoms with Crippen molar-refractivity contribution in [2.75, 3.05) is 26.3 Å². The van der Waals surface area contributed by atoms with Crippen LogP contribution in [-0.4, -0.2) is 37.3 Å². The van der Waals surface area contributed by atoms with E-state index in [2.05, 4.69) is 32.9 Å². The fraction of sp³-hybridized carbons (Fsp3) is 1.00. The van der Waals surface area contributed by atoms with Gasteiger partial charge in [0.1, 0.15) is 6.61 Å². The van der Waals surface area contributed by atoms with Crippen molar-refractivity contribution in [2.24, 2.45) is 0 Å². The molecule has 6 heteroatoms. The standard InChI is InChI=1S/C10H19BrF3NO/c1-2-9(11)4-6-15-5-3-7-16-8-10(12,13)14/h9,15H,2-8H2,1H3. The monoisotopic (exact) mass is 305 g/mol. The molecule has 1 unspecified atom stereocenters. The van der Waals surface area contributed by atoms with Gasteiger partial charge in [0, 0.05) is 11.4 Å². The molecule has 1 N–H and O–H groups in total. The summed E-state index contributed by atoms with van der Waals surface area (Å²) in [5.74, 6) is 0. The molecule has 0 saturated carbocycles. The van der Waals surface area contributed by atoms with Crippen LogP contribution in [0.3, 0.4) is 0 Å². The van der Waals surface area contributed by atoms with Gasteiger partial charge in [-0.15, -0.1) is 0 Å². The van der Waals surface area contributed by atoms with Gasteiger partial charge in [0.05, 0.1) is 0 Å². The van der Waals surface area contributed by atoms with Crippen LogP contribution in [0.2, 0.25) is 0 Å². The van der Waals surface area contributed by atoms with Gasteiger partial charge in [-0.25, -0.2) is 0 Å². The Kier molecular flexibility index (Phi) is 9.35. The van der Waals surface area contributed by atoms with Crippen molar-refractivity contribution in [3.8, 4) is 0 Å². The largest absolute Gasteiger partial charge is 0.411 e. The Morgan fingerprint density at radius 1 is 1.31 bits per heavy atom. The minimum Gasteiger partial charge on any atom is -0.372 e. The molecule has 0 rings (SSSR count). The van der Waals surface area contributed by atoms with E-state index in [1.54, 1.807) is 0 Å². The molecule has 0 aliphatic heterocycles. The highest BCUT2D eigenvalue weighted by atomic mass is 79.9. The van der Waals surface area contributed by atoms with Crippen LogP contribution in [0.1, 0.15) is 26.2 Å². The molecule has 0 aliphatic rings. The van der Waals surface area contributed by atoms with Gasteiger partial charge >= 0.3 is 6.18 Å². The van der Waals surface area contributed by atoms with Gasteiger partial charge in [0.2, 0.25) is 0 Å². The van der Waals surface area contributed by atoms with Gasteiger partial charge in [0.25, 0.3) is 0 Å². The fourth-order valence-electron chi connectivity index (χ4n) is 1.07. The molecule has 0 bridgehead atoms. The second kappa shape index (κ2) is 9.24. The number of hydrogen-bond acceptors (Lipinski definition) is 2. The quantitative estimate of drug-likeness (QED) is 0.522. The lowest BCUT2D eigenvalue weighted by Crippen LogP contribution is -2.22. The third-order valence-corrected chi connectivity index (χ3v) is 3.09. The van der Waals surface area contributed by atoms with Gasteiger partial charge in [-0.2, -0.15) is 13.2 Å². The molecule has 0 saturated heterocycles. The van der Waals surface area contributed by atoms with Crippen LogP contribution in [0.4, 0.5) is 13.2 Å². The predicted octanol–water partition coefficient (Wildman–Crippen LogP) is 3.11. The average molecular weight is 306 g/mol. The molecule has 0 spiro atoms. The van der Waals surface area contributed by atoms with Gasteiger partial charge in [-0.1, -0.05) is 22.9 Å². The fourth-order valence-corrected chi connectivity index (χ4v) is 1.30. The minimum absolute atomic E-state index is 0.151. The summed E-state index contributed by atoms with van der Waals surface area (Å²) in [5.41, 5.74) is 0. The Hall–Kier alpha value is 0.190. The second-order valence-electron chi connectivity index (χ2n) is 3.57. The SMILES string of the molecule is CCC(Br)CCNCCCOCC(F)(F)F. The topological polar surface area (TPSA) is 21.3 Å². The minimum atomic E-state index is -4.21. The van der Waals surface area contributed by atoms with Crippen LogP contribution in [0, 0.1) is 0 Å². The number of halogens is 4. The van der Waals surface area contributed by atoms with E-state index < -0.39 is 12.8 Å². The van der Waals surface area contributed by atoms with E-state index in [0.717, 1.165) is 19.4 Å². The smallest absolute Gasteiger partial charge is 0.372 e. The molecular weight excluding hydrogens is 287 g/mol. The van der Waals surface area contributed by atoms with Crippen LogP contribution >= 0.6 is 15.9 Å². The molecule has 98 valence electrons. The molecule has 0 amide bonds. The summed E-state index contributed by atoms with van der Waals surface area (Å²) < 4.78 is 39.5. The number of nitrogens with one attached hydrogen (secondary N) is 1. The maximum absolute atomic E-state index is 11.7. The number of rotatable bonds is 9. The van der Waals surface area contributed by atoms with Crippen molar-refractivity contribution in [1.29, 1.82) is 0 Å². The van der Waals surface area contributed by atoms with Crippen LogP contribution in [0.5, 0.6) is 0 Å². The molecule has 2 nitrogen and oxygen atoms in total. The van der Waals surface area contributed by atoms with Crippen LogP contribution in [-0.2, 0) is 4.74 Å². The number of hydrogen-bond donors (Lipinski definition) is 1. The Bertz CT molecular complexity index is 167. The zero-order valence-electron chi connectivity index (χ0n) is 9.45. The summed E-state index contributed by atoms with van der Waals surface area (Å²) >= 11 is 3.50. The maximum Gasteiger partial charge on any atom is 0.411 e. The lowest BCUT2D eigenvalue weighted by atomic mass is 10.2. The lowest BCUT2D eigenvalue weighted by molar-refractivity contribution is -0.173. The third kappa shape index (κ3) is 12.3. The van der Waals surface area contributed by atoms with Crippen molar-refractivity contribution in [3.05, 3.63) is 0 Å². The second-order valence-corrected chi connectivity index (χ2v) is 4.86. The van der Waals surface area contributed by atoms with Gasteiger partial charge in [-0.05, 0) is 32.4 Å². The van der Waals surface area contributed by atoms with E-state index in [4.69, 9.17) is 0 Å². The van der Waals surface area contributed by atoms with Crippen LogP contribution in [0.15, 0.2) is 0 Å². The van der Waals surface area contributed by atoms with Gasteiger partial charge < -0.3 is 10.1 Å². The van der Waals surface area contributed by atoms with Crippen molar-refractivity contribution < 1.29 is 17.9 Å². The van der Waals surface area contributed by atoms with Gasteiger partial charge in [-0.3, -0.25) is 0 Å². The van der Waals surface area contributed by atoms with Crippen molar-refractivity contribution in [2.45, 2.75) is 37.2 Å². The normalized spacial score (nSPS) is 14.1. The summed E-state index contributed by atoms with van der Waals surface area (Å²) in [5, 5.41) is 3.16.